The summed E-state index contributed by atoms with van der Waals surface area (Å²) < 4.78 is 55.0. The Morgan fingerprint density at radius 3 is 2.16 bits per heavy atom. The Hall–Kier alpha value is -3.78. The molecule has 170 valence electrons. The highest BCUT2D eigenvalue weighted by Crippen LogP contribution is 2.25. The number of nitrogens with one attached hydrogen (secondary N) is 2. The molecule has 5 N–H and O–H groups in total. The number of nitrogens with two attached hydrogens (primary N) is 1. The van der Waals surface area contributed by atoms with Gasteiger partial charge in [0.05, 0.1) is 4.90 Å². The zero-order chi connectivity index (χ0) is 23.9. The van der Waals surface area contributed by atoms with Gasteiger partial charge in [0.1, 0.15) is 18.0 Å². The number of carboxylic acids is 1. The van der Waals surface area contributed by atoms with Crippen molar-refractivity contribution in [2.75, 3.05) is 10.6 Å². The number of carboxylic acid groups (broad SMARTS) is 1. The summed E-state index contributed by atoms with van der Waals surface area (Å²) >= 11 is 0. The van der Waals surface area contributed by atoms with Crippen LogP contribution < -0.4 is 15.8 Å². The highest BCUT2D eigenvalue weighted by atomic mass is 32.2. The number of halogens is 3. The number of benzene rings is 1. The molecular formula is C18H17F3N6O4S. The molecule has 10 nitrogen and oxygen atoms in total. The summed E-state index contributed by atoms with van der Waals surface area (Å²) in [4.78, 5) is 21.2. The number of hydrogen-bond acceptors (Lipinski definition) is 8. The first-order valence-electron chi connectivity index (χ1n) is 8.56. The Kier molecular flexibility index (Phi) is 7.67. The number of carbonyl (C=O) groups is 1. The van der Waals surface area contributed by atoms with Crippen molar-refractivity contribution in [3.05, 3.63) is 60.7 Å². The third-order valence-electron chi connectivity index (χ3n) is 3.72. The highest BCUT2D eigenvalue weighted by Gasteiger charge is 2.38. The maximum absolute atomic E-state index is 11.6. The number of rotatable bonds is 5. The van der Waals surface area contributed by atoms with Crippen molar-refractivity contribution >= 4 is 39.0 Å². The fourth-order valence-corrected chi connectivity index (χ4v) is 3.08. The van der Waals surface area contributed by atoms with Crippen molar-refractivity contribution in [1.29, 1.82) is 0 Å². The third-order valence-corrected chi connectivity index (χ3v) is 4.77. The molecule has 3 rings (SSSR count). The lowest BCUT2D eigenvalue weighted by molar-refractivity contribution is -0.192. The van der Waals surface area contributed by atoms with Gasteiger partial charge in [-0.3, -0.25) is 4.98 Å². The lowest BCUT2D eigenvalue weighted by Crippen LogP contribution is -2.21. The van der Waals surface area contributed by atoms with Gasteiger partial charge in [-0.2, -0.15) is 13.2 Å². The Bertz CT molecular complexity index is 1190. The molecule has 0 fully saturated rings. The quantitative estimate of drug-likeness (QED) is 0.439. The van der Waals surface area contributed by atoms with E-state index in [1.54, 1.807) is 37.5 Å². The molecule has 14 heteroatoms. The van der Waals surface area contributed by atoms with Crippen LogP contribution in [0.5, 0.6) is 0 Å². The molecule has 0 radical (unpaired) electrons. The van der Waals surface area contributed by atoms with E-state index in [9.17, 15) is 21.6 Å². The molecule has 0 amide bonds. The van der Waals surface area contributed by atoms with E-state index in [0.717, 1.165) is 5.69 Å². The Labute approximate surface area is 180 Å². The largest absolute Gasteiger partial charge is 0.490 e. The van der Waals surface area contributed by atoms with Gasteiger partial charge in [-0.05, 0) is 36.8 Å². The van der Waals surface area contributed by atoms with Crippen LogP contribution in [0.3, 0.4) is 0 Å². The molecule has 2 heterocycles. The molecule has 2 aromatic heterocycles. The smallest absolute Gasteiger partial charge is 0.475 e. The molecule has 0 atom stereocenters. The van der Waals surface area contributed by atoms with E-state index in [-0.39, 0.29) is 4.90 Å². The highest BCUT2D eigenvalue weighted by molar-refractivity contribution is 7.89. The normalized spacial score (nSPS) is 11.2. The molecule has 0 aliphatic heterocycles. The second-order valence-corrected chi connectivity index (χ2v) is 7.58. The second-order valence-electron chi connectivity index (χ2n) is 6.05. The number of pyridine rings is 1. The van der Waals surface area contributed by atoms with Gasteiger partial charge in [-0.1, -0.05) is 6.07 Å². The summed E-state index contributed by atoms with van der Waals surface area (Å²) in [6, 6.07) is 10.2. The minimum Gasteiger partial charge on any atom is -0.475 e. The summed E-state index contributed by atoms with van der Waals surface area (Å²) in [6.45, 7) is 1.68. The molecule has 3 aromatic rings. The van der Waals surface area contributed by atoms with Gasteiger partial charge in [-0.25, -0.2) is 28.3 Å². The molecule has 0 aliphatic carbocycles. The van der Waals surface area contributed by atoms with Crippen LogP contribution in [0.15, 0.2) is 60.0 Å². The van der Waals surface area contributed by atoms with E-state index >= 15 is 0 Å². The van der Waals surface area contributed by atoms with Crippen molar-refractivity contribution in [2.24, 2.45) is 5.14 Å². The van der Waals surface area contributed by atoms with Gasteiger partial charge in [0.15, 0.2) is 0 Å². The summed E-state index contributed by atoms with van der Waals surface area (Å²) in [5, 5.41) is 18.6. The van der Waals surface area contributed by atoms with Crippen molar-refractivity contribution in [1.82, 2.24) is 15.0 Å². The number of primary sulfonamides is 1. The Morgan fingerprint density at radius 1 is 1.06 bits per heavy atom. The van der Waals surface area contributed by atoms with Gasteiger partial charge < -0.3 is 15.7 Å². The number of nitrogens with zero attached hydrogens (tertiary/aromatic N) is 3. The van der Waals surface area contributed by atoms with Crippen molar-refractivity contribution in [3.63, 3.8) is 0 Å². The first kappa shape index (κ1) is 24.5. The van der Waals surface area contributed by atoms with Crippen LogP contribution in [0.4, 0.5) is 36.2 Å². The topological polar surface area (TPSA) is 160 Å². The van der Waals surface area contributed by atoms with Crippen LogP contribution in [0.1, 0.15) is 5.56 Å². The minimum atomic E-state index is -5.08. The van der Waals surface area contributed by atoms with Gasteiger partial charge in [0.2, 0.25) is 10.0 Å². The fraction of sp³-hybridized carbons (Fsp3) is 0.111. The predicted molar refractivity (Wildman–Crippen MR) is 109 cm³/mol. The molecule has 0 bridgehead atoms. The first-order valence-corrected chi connectivity index (χ1v) is 10.1. The van der Waals surface area contributed by atoms with E-state index in [4.69, 9.17) is 15.0 Å². The minimum absolute atomic E-state index is 0.0710. The van der Waals surface area contributed by atoms with Crippen molar-refractivity contribution in [2.45, 2.75) is 18.0 Å². The zero-order valence-electron chi connectivity index (χ0n) is 16.3. The molecule has 32 heavy (non-hydrogen) atoms. The van der Waals surface area contributed by atoms with E-state index in [1.807, 2.05) is 12.1 Å². The van der Waals surface area contributed by atoms with Crippen LogP contribution in [0.25, 0.3) is 0 Å². The summed E-state index contributed by atoms with van der Waals surface area (Å²) in [5.41, 5.74) is 1.96. The number of hydrogen-bond donors (Lipinski definition) is 4. The van der Waals surface area contributed by atoms with E-state index < -0.39 is 22.2 Å². The molecule has 0 spiro atoms. The molecule has 0 unspecified atom stereocenters. The van der Waals surface area contributed by atoms with Crippen LogP contribution in [-0.4, -0.2) is 40.6 Å². The second kappa shape index (κ2) is 10.0. The first-order chi connectivity index (χ1) is 14.9. The summed E-state index contributed by atoms with van der Waals surface area (Å²) in [5.74, 6) is -1.65. The average molecular weight is 470 g/mol. The Morgan fingerprint density at radius 2 is 1.62 bits per heavy atom. The lowest BCUT2D eigenvalue weighted by Gasteiger charge is -2.12. The number of alkyl halides is 3. The fourth-order valence-electron chi connectivity index (χ4n) is 2.27. The van der Waals surface area contributed by atoms with Crippen LogP contribution in [-0.2, 0) is 14.8 Å². The average Bonchev–Trinajstić information content (AvgIpc) is 2.69. The molecule has 0 saturated carbocycles. The molecule has 0 saturated heterocycles. The number of sulfonamides is 1. The van der Waals surface area contributed by atoms with Crippen molar-refractivity contribution in [3.8, 4) is 0 Å². The third kappa shape index (κ3) is 7.17. The SMILES string of the molecule is Cc1c(Nc2cc(Nc3ccncc3)ncn2)cccc1S(N)(=O)=O.O=C(O)C(F)(F)F. The lowest BCUT2D eigenvalue weighted by atomic mass is 10.2. The van der Waals surface area contributed by atoms with Crippen molar-refractivity contribution < 1.29 is 31.5 Å². The van der Waals surface area contributed by atoms with Gasteiger partial charge in [-0.15, -0.1) is 0 Å². The van der Waals surface area contributed by atoms with Crippen LogP contribution >= 0.6 is 0 Å². The number of anilines is 4. The van der Waals surface area contributed by atoms with Gasteiger partial charge in [0.25, 0.3) is 0 Å². The van der Waals surface area contributed by atoms with E-state index in [1.165, 1.54) is 12.4 Å². The van der Waals surface area contributed by atoms with Crippen LogP contribution in [0.2, 0.25) is 0 Å². The molecule has 1 aromatic carbocycles. The molecule has 0 aliphatic rings. The van der Waals surface area contributed by atoms with Gasteiger partial charge in [0, 0.05) is 29.8 Å². The summed E-state index contributed by atoms with van der Waals surface area (Å²) in [7, 11) is -3.79. The summed E-state index contributed by atoms with van der Waals surface area (Å²) in [6.07, 6.45) is -0.333. The Balaban J connectivity index is 0.000000451. The maximum Gasteiger partial charge on any atom is 0.490 e. The predicted octanol–water partition coefficient (Wildman–Crippen LogP) is 2.95. The maximum atomic E-state index is 11.6. The number of aromatic nitrogens is 3. The van der Waals surface area contributed by atoms with Crippen LogP contribution in [0, 0.1) is 6.92 Å². The van der Waals surface area contributed by atoms with E-state index in [0.29, 0.717) is 22.9 Å². The van der Waals surface area contributed by atoms with E-state index in [2.05, 4.69) is 25.6 Å². The number of aliphatic carboxylic acids is 1. The monoisotopic (exact) mass is 470 g/mol. The van der Waals surface area contributed by atoms with Gasteiger partial charge >= 0.3 is 12.1 Å². The standard InChI is InChI=1S/C16H16N6O2S.C2HF3O2/c1-11-13(3-2-4-14(11)25(17,23)24)22-16-9-15(19-10-20-16)21-12-5-7-18-8-6-12;3-2(4,5)1(6)7/h2-10H,1H3,(H2,17,23,24)(H2,18,19,20,21,22);(H,6,7). The molecular weight excluding hydrogens is 453 g/mol. The zero-order valence-corrected chi connectivity index (χ0v) is 17.1.